The first-order valence-electron chi connectivity index (χ1n) is 6.27. The van der Waals surface area contributed by atoms with E-state index in [1.807, 2.05) is 6.92 Å². The zero-order valence-corrected chi connectivity index (χ0v) is 11.2. The molecule has 0 bridgehead atoms. The average molecular weight is 269 g/mol. The normalized spacial score (nSPS) is 24.4. The summed E-state index contributed by atoms with van der Waals surface area (Å²) in [6.45, 7) is 3.81. The van der Waals surface area contributed by atoms with Gasteiger partial charge in [0.2, 0.25) is 5.76 Å². The predicted molar refractivity (Wildman–Crippen MR) is 66.7 cm³/mol. The molecule has 2 atom stereocenters. The summed E-state index contributed by atoms with van der Waals surface area (Å²) in [6, 6.07) is 1.99. The van der Waals surface area contributed by atoms with E-state index in [1.165, 1.54) is 13.4 Å². The largest absolute Gasteiger partial charge is 0.463 e. The second-order valence-corrected chi connectivity index (χ2v) is 4.68. The Bertz CT molecular complexity index is 430. The molecule has 0 spiro atoms. The van der Waals surface area contributed by atoms with Crippen LogP contribution in [0.1, 0.15) is 23.0 Å². The molecule has 6 heteroatoms. The minimum Gasteiger partial charge on any atom is -0.463 e. The maximum Gasteiger partial charge on any atom is 0.374 e. The SMILES string of the molecule is COC(=O)c1occc1CN1CC(CO)OCC1C. The average Bonchev–Trinajstić information content (AvgIpc) is 2.88. The summed E-state index contributed by atoms with van der Waals surface area (Å²) in [5.41, 5.74) is 0.789. The van der Waals surface area contributed by atoms with Gasteiger partial charge in [-0.1, -0.05) is 0 Å². The van der Waals surface area contributed by atoms with Crippen molar-refractivity contribution in [1.29, 1.82) is 0 Å². The summed E-state index contributed by atoms with van der Waals surface area (Å²) in [7, 11) is 1.33. The monoisotopic (exact) mass is 269 g/mol. The number of rotatable bonds is 4. The first-order valence-corrected chi connectivity index (χ1v) is 6.27. The number of nitrogens with zero attached hydrogens (tertiary/aromatic N) is 1. The van der Waals surface area contributed by atoms with Crippen LogP contribution in [0.2, 0.25) is 0 Å². The molecule has 2 rings (SSSR count). The van der Waals surface area contributed by atoms with Crippen LogP contribution in [0.25, 0.3) is 0 Å². The van der Waals surface area contributed by atoms with Crippen molar-refractivity contribution in [2.45, 2.75) is 25.6 Å². The van der Waals surface area contributed by atoms with Gasteiger partial charge >= 0.3 is 5.97 Å². The maximum absolute atomic E-state index is 11.5. The Labute approximate surface area is 111 Å². The van der Waals surface area contributed by atoms with Gasteiger partial charge in [-0.2, -0.15) is 0 Å². The lowest BCUT2D eigenvalue weighted by Crippen LogP contribution is -2.48. The zero-order chi connectivity index (χ0) is 13.8. The van der Waals surface area contributed by atoms with Crippen LogP contribution in [0.4, 0.5) is 0 Å². The van der Waals surface area contributed by atoms with E-state index in [2.05, 4.69) is 9.64 Å². The fourth-order valence-electron chi connectivity index (χ4n) is 2.16. The topological polar surface area (TPSA) is 72.1 Å². The molecular weight excluding hydrogens is 250 g/mol. The second-order valence-electron chi connectivity index (χ2n) is 4.68. The third-order valence-corrected chi connectivity index (χ3v) is 3.33. The molecule has 1 fully saturated rings. The van der Waals surface area contributed by atoms with E-state index in [4.69, 9.17) is 14.3 Å². The molecule has 1 aromatic rings. The molecule has 19 heavy (non-hydrogen) atoms. The van der Waals surface area contributed by atoms with Crippen molar-refractivity contribution in [3.05, 3.63) is 23.7 Å². The van der Waals surface area contributed by atoms with Crippen molar-refractivity contribution in [3.8, 4) is 0 Å². The highest BCUT2D eigenvalue weighted by Crippen LogP contribution is 2.19. The van der Waals surface area contributed by atoms with Crippen LogP contribution >= 0.6 is 0 Å². The van der Waals surface area contributed by atoms with Crippen LogP contribution in [0.15, 0.2) is 16.7 Å². The number of hydrogen-bond donors (Lipinski definition) is 1. The molecular formula is C13H19NO5. The van der Waals surface area contributed by atoms with Crippen molar-refractivity contribution in [2.75, 3.05) is 26.9 Å². The van der Waals surface area contributed by atoms with E-state index >= 15 is 0 Å². The molecule has 0 saturated carbocycles. The van der Waals surface area contributed by atoms with Crippen LogP contribution in [-0.4, -0.2) is 55.0 Å². The number of morpholine rings is 1. The molecule has 1 saturated heterocycles. The van der Waals surface area contributed by atoms with E-state index < -0.39 is 5.97 Å². The number of furan rings is 1. The number of carbonyl (C=O) groups is 1. The van der Waals surface area contributed by atoms with Crippen LogP contribution in [-0.2, 0) is 16.0 Å². The third kappa shape index (κ3) is 3.15. The quantitative estimate of drug-likeness (QED) is 0.809. The van der Waals surface area contributed by atoms with Crippen LogP contribution in [0.5, 0.6) is 0 Å². The van der Waals surface area contributed by atoms with Crippen LogP contribution in [0, 0.1) is 0 Å². The molecule has 1 N–H and O–H groups in total. The fraction of sp³-hybridized carbons (Fsp3) is 0.615. The van der Waals surface area contributed by atoms with Gasteiger partial charge in [-0.15, -0.1) is 0 Å². The van der Waals surface area contributed by atoms with Crippen LogP contribution < -0.4 is 0 Å². The number of aliphatic hydroxyl groups is 1. The van der Waals surface area contributed by atoms with Crippen molar-refractivity contribution in [2.24, 2.45) is 0 Å². The standard InChI is InChI=1S/C13H19NO5/c1-9-8-19-11(7-15)6-14(9)5-10-3-4-18-12(10)13(16)17-2/h3-4,9,11,15H,5-8H2,1-2H3. The Kier molecular flexibility index (Phi) is 4.57. The Morgan fingerprint density at radius 1 is 1.63 bits per heavy atom. The Morgan fingerprint density at radius 3 is 3.11 bits per heavy atom. The zero-order valence-electron chi connectivity index (χ0n) is 11.2. The van der Waals surface area contributed by atoms with Gasteiger partial charge in [0.1, 0.15) is 0 Å². The molecule has 1 aliphatic rings. The molecule has 6 nitrogen and oxygen atoms in total. The molecule has 0 aliphatic carbocycles. The van der Waals surface area contributed by atoms with Gasteiger partial charge in [-0.05, 0) is 13.0 Å². The smallest absolute Gasteiger partial charge is 0.374 e. The fourth-order valence-corrected chi connectivity index (χ4v) is 2.16. The second kappa shape index (κ2) is 6.18. The number of ether oxygens (including phenoxy) is 2. The lowest BCUT2D eigenvalue weighted by atomic mass is 10.1. The molecule has 1 aliphatic heterocycles. The van der Waals surface area contributed by atoms with Gasteiger partial charge < -0.3 is 19.0 Å². The Balaban J connectivity index is 2.07. The van der Waals surface area contributed by atoms with Crippen LogP contribution in [0.3, 0.4) is 0 Å². The molecule has 106 valence electrons. The van der Waals surface area contributed by atoms with Gasteiger partial charge in [0.25, 0.3) is 0 Å². The molecule has 0 aromatic carbocycles. The summed E-state index contributed by atoms with van der Waals surface area (Å²) in [6.07, 6.45) is 1.31. The summed E-state index contributed by atoms with van der Waals surface area (Å²) >= 11 is 0. The first kappa shape index (κ1) is 14.0. The number of carbonyl (C=O) groups excluding carboxylic acids is 1. The summed E-state index contributed by atoms with van der Waals surface area (Å²) in [5, 5.41) is 9.16. The molecule has 0 amide bonds. The first-order chi connectivity index (χ1) is 9.15. The number of hydrogen-bond acceptors (Lipinski definition) is 6. The minimum absolute atomic E-state index is 0.00152. The van der Waals surface area contributed by atoms with Crippen molar-refractivity contribution in [3.63, 3.8) is 0 Å². The van der Waals surface area contributed by atoms with E-state index in [0.717, 1.165) is 5.56 Å². The molecule has 0 radical (unpaired) electrons. The summed E-state index contributed by atoms with van der Waals surface area (Å²) in [4.78, 5) is 13.7. The van der Waals surface area contributed by atoms with E-state index in [-0.39, 0.29) is 24.5 Å². The lowest BCUT2D eigenvalue weighted by Gasteiger charge is -2.37. The minimum atomic E-state index is -0.473. The summed E-state index contributed by atoms with van der Waals surface area (Å²) < 4.78 is 15.3. The van der Waals surface area contributed by atoms with Gasteiger partial charge in [0, 0.05) is 24.7 Å². The molecule has 1 aromatic heterocycles. The number of esters is 1. The highest BCUT2D eigenvalue weighted by Gasteiger charge is 2.27. The Morgan fingerprint density at radius 2 is 2.42 bits per heavy atom. The molecule has 2 unspecified atom stereocenters. The molecule has 2 heterocycles. The van der Waals surface area contributed by atoms with E-state index in [1.54, 1.807) is 6.07 Å². The van der Waals surface area contributed by atoms with Crippen molar-refractivity contribution >= 4 is 5.97 Å². The Hall–Kier alpha value is -1.37. The number of methoxy groups -OCH3 is 1. The van der Waals surface area contributed by atoms with Gasteiger partial charge in [-0.25, -0.2) is 4.79 Å². The lowest BCUT2D eigenvalue weighted by molar-refractivity contribution is -0.0806. The third-order valence-electron chi connectivity index (χ3n) is 3.33. The highest BCUT2D eigenvalue weighted by molar-refractivity contribution is 5.87. The highest BCUT2D eigenvalue weighted by atomic mass is 16.5. The van der Waals surface area contributed by atoms with Gasteiger partial charge in [0.15, 0.2) is 0 Å². The summed E-state index contributed by atoms with van der Waals surface area (Å²) in [5.74, 6) is -0.235. The maximum atomic E-state index is 11.5. The van der Waals surface area contributed by atoms with E-state index in [0.29, 0.717) is 19.7 Å². The van der Waals surface area contributed by atoms with Crippen molar-refractivity contribution in [1.82, 2.24) is 4.90 Å². The van der Waals surface area contributed by atoms with Gasteiger partial charge in [0.05, 0.1) is 32.7 Å². The van der Waals surface area contributed by atoms with Gasteiger partial charge in [-0.3, -0.25) is 4.90 Å². The predicted octanol–water partition coefficient (Wildman–Crippen LogP) is 0.648. The number of aliphatic hydroxyl groups excluding tert-OH is 1. The van der Waals surface area contributed by atoms with E-state index in [9.17, 15) is 4.79 Å². The van der Waals surface area contributed by atoms with Crippen molar-refractivity contribution < 1.29 is 23.8 Å².